The topological polar surface area (TPSA) is 88.5 Å². The molecule has 0 aliphatic carbocycles. The number of amides is 1. The van der Waals surface area contributed by atoms with E-state index in [0.717, 1.165) is 0 Å². The molecule has 0 spiro atoms. The molecule has 0 aliphatic rings. The van der Waals surface area contributed by atoms with E-state index in [0.29, 0.717) is 12.2 Å². The molecule has 0 bridgehead atoms. The van der Waals surface area contributed by atoms with E-state index in [9.17, 15) is 4.79 Å². The van der Waals surface area contributed by atoms with Gasteiger partial charge in [0.15, 0.2) is 5.76 Å². The van der Waals surface area contributed by atoms with Crippen molar-refractivity contribution in [3.05, 3.63) is 23.7 Å². The number of hydrogen-bond donors (Lipinski definition) is 3. The molecule has 1 amide bonds. The van der Waals surface area contributed by atoms with Gasteiger partial charge in [-0.15, -0.1) is 0 Å². The maximum absolute atomic E-state index is 11.6. The maximum Gasteiger partial charge on any atom is 0.287 e. The Morgan fingerprint density at radius 1 is 1.56 bits per heavy atom. The quantitative estimate of drug-likeness (QED) is 0.687. The van der Waals surface area contributed by atoms with Gasteiger partial charge in [-0.2, -0.15) is 0 Å². The molecule has 0 fully saturated rings. The predicted molar refractivity (Wildman–Crippen MR) is 59.8 cm³/mol. The molecule has 4 N–H and O–H groups in total. The van der Waals surface area contributed by atoms with Crippen LogP contribution in [0.2, 0.25) is 0 Å². The van der Waals surface area contributed by atoms with E-state index in [1.54, 1.807) is 19.1 Å². The summed E-state index contributed by atoms with van der Waals surface area (Å²) in [6.45, 7) is 3.79. The molecule has 0 saturated carbocycles. The molecular weight excluding hydrogens is 208 g/mol. The first-order valence-electron chi connectivity index (χ1n) is 5.30. The largest absolute Gasteiger partial charge is 0.455 e. The van der Waals surface area contributed by atoms with Crippen LogP contribution in [0.25, 0.3) is 0 Å². The van der Waals surface area contributed by atoms with Crippen molar-refractivity contribution in [1.29, 1.82) is 0 Å². The molecule has 1 aromatic heterocycles. The molecular formula is C11H18N2O3. The van der Waals surface area contributed by atoms with Crippen molar-refractivity contribution < 1.29 is 14.3 Å². The van der Waals surface area contributed by atoms with Crippen LogP contribution in [0.4, 0.5) is 0 Å². The van der Waals surface area contributed by atoms with E-state index in [1.807, 2.05) is 6.92 Å². The van der Waals surface area contributed by atoms with Crippen molar-refractivity contribution in [2.24, 2.45) is 5.73 Å². The fraction of sp³-hybridized carbons (Fsp3) is 0.545. The second-order valence-electron chi connectivity index (χ2n) is 3.93. The molecule has 1 heterocycles. The summed E-state index contributed by atoms with van der Waals surface area (Å²) >= 11 is 0. The molecule has 1 aromatic rings. The zero-order valence-electron chi connectivity index (χ0n) is 9.56. The Labute approximate surface area is 94.6 Å². The van der Waals surface area contributed by atoms with Gasteiger partial charge < -0.3 is 20.6 Å². The summed E-state index contributed by atoms with van der Waals surface area (Å²) < 4.78 is 5.20. The fourth-order valence-corrected chi connectivity index (χ4v) is 1.48. The summed E-state index contributed by atoms with van der Waals surface area (Å²) in [4.78, 5) is 11.6. The van der Waals surface area contributed by atoms with Crippen molar-refractivity contribution in [1.82, 2.24) is 5.32 Å². The van der Waals surface area contributed by atoms with E-state index in [4.69, 9.17) is 15.3 Å². The minimum Gasteiger partial charge on any atom is -0.455 e. The SMILES string of the molecule is CC(O)CC(C)NC(=O)c1ccc(CN)o1. The van der Waals surface area contributed by atoms with Crippen molar-refractivity contribution in [3.8, 4) is 0 Å². The van der Waals surface area contributed by atoms with Gasteiger partial charge in [0.25, 0.3) is 5.91 Å². The Morgan fingerprint density at radius 3 is 2.75 bits per heavy atom. The standard InChI is InChI=1S/C11H18N2O3/c1-7(5-8(2)14)13-11(15)10-4-3-9(6-12)16-10/h3-4,7-8,14H,5-6,12H2,1-2H3,(H,13,15). The molecule has 0 aliphatic heterocycles. The Balaban J connectivity index is 2.51. The Kier molecular flexibility index (Phi) is 4.52. The third kappa shape index (κ3) is 3.67. The highest BCUT2D eigenvalue weighted by molar-refractivity contribution is 5.91. The minimum absolute atomic E-state index is 0.0982. The first-order chi connectivity index (χ1) is 7.52. The molecule has 5 heteroatoms. The van der Waals surface area contributed by atoms with Crippen LogP contribution in [0.5, 0.6) is 0 Å². The number of furan rings is 1. The van der Waals surface area contributed by atoms with E-state index in [2.05, 4.69) is 5.32 Å². The van der Waals surface area contributed by atoms with Crippen LogP contribution in [-0.4, -0.2) is 23.2 Å². The number of carbonyl (C=O) groups excluding carboxylic acids is 1. The molecule has 0 saturated heterocycles. The maximum atomic E-state index is 11.6. The van der Waals surface area contributed by atoms with Crippen LogP contribution in [0.3, 0.4) is 0 Å². The second kappa shape index (κ2) is 5.67. The molecule has 90 valence electrons. The van der Waals surface area contributed by atoms with Crippen LogP contribution in [0.1, 0.15) is 36.6 Å². The smallest absolute Gasteiger partial charge is 0.287 e. The summed E-state index contributed by atoms with van der Waals surface area (Å²) in [5.74, 6) is 0.541. The van der Waals surface area contributed by atoms with Gasteiger partial charge >= 0.3 is 0 Å². The van der Waals surface area contributed by atoms with Crippen molar-refractivity contribution >= 4 is 5.91 Å². The van der Waals surface area contributed by atoms with E-state index < -0.39 is 6.10 Å². The Hall–Kier alpha value is -1.33. The normalized spacial score (nSPS) is 14.5. The van der Waals surface area contributed by atoms with Crippen LogP contribution in [0.15, 0.2) is 16.5 Å². The highest BCUT2D eigenvalue weighted by Gasteiger charge is 2.14. The monoisotopic (exact) mass is 226 g/mol. The summed E-state index contributed by atoms with van der Waals surface area (Å²) in [5, 5.41) is 11.9. The number of hydrogen-bond acceptors (Lipinski definition) is 4. The lowest BCUT2D eigenvalue weighted by atomic mass is 10.1. The lowest BCUT2D eigenvalue weighted by Crippen LogP contribution is -2.34. The van der Waals surface area contributed by atoms with Crippen molar-refractivity contribution in [3.63, 3.8) is 0 Å². The van der Waals surface area contributed by atoms with Gasteiger partial charge in [-0.3, -0.25) is 4.79 Å². The molecule has 5 nitrogen and oxygen atoms in total. The Morgan fingerprint density at radius 2 is 2.25 bits per heavy atom. The average Bonchev–Trinajstić information content (AvgIpc) is 2.64. The highest BCUT2D eigenvalue weighted by atomic mass is 16.4. The summed E-state index contributed by atoms with van der Waals surface area (Å²) in [5.41, 5.74) is 5.37. The van der Waals surface area contributed by atoms with Crippen molar-refractivity contribution in [2.75, 3.05) is 0 Å². The van der Waals surface area contributed by atoms with E-state index in [-0.39, 0.29) is 24.3 Å². The highest BCUT2D eigenvalue weighted by Crippen LogP contribution is 2.07. The van der Waals surface area contributed by atoms with Crippen LogP contribution in [-0.2, 0) is 6.54 Å². The van der Waals surface area contributed by atoms with E-state index in [1.165, 1.54) is 0 Å². The van der Waals surface area contributed by atoms with E-state index >= 15 is 0 Å². The molecule has 1 rings (SSSR count). The van der Waals surface area contributed by atoms with Gasteiger partial charge in [0.05, 0.1) is 12.6 Å². The molecule has 0 aromatic carbocycles. The number of aliphatic hydroxyl groups excluding tert-OH is 1. The fourth-order valence-electron chi connectivity index (χ4n) is 1.48. The van der Waals surface area contributed by atoms with Crippen LogP contribution in [0, 0.1) is 0 Å². The number of carbonyl (C=O) groups is 1. The van der Waals surface area contributed by atoms with Gasteiger partial charge in [0.2, 0.25) is 0 Å². The van der Waals surface area contributed by atoms with Gasteiger partial charge in [0.1, 0.15) is 5.76 Å². The zero-order chi connectivity index (χ0) is 12.1. The second-order valence-corrected chi connectivity index (χ2v) is 3.93. The first-order valence-corrected chi connectivity index (χ1v) is 5.30. The summed E-state index contributed by atoms with van der Waals surface area (Å²) in [7, 11) is 0. The molecule has 0 radical (unpaired) electrons. The minimum atomic E-state index is -0.438. The van der Waals surface area contributed by atoms with Gasteiger partial charge in [-0.05, 0) is 32.4 Å². The average molecular weight is 226 g/mol. The third-order valence-corrected chi connectivity index (χ3v) is 2.16. The number of nitrogens with two attached hydrogens (primary N) is 1. The van der Waals surface area contributed by atoms with Gasteiger partial charge in [-0.25, -0.2) is 0 Å². The number of nitrogens with one attached hydrogen (secondary N) is 1. The number of rotatable bonds is 5. The van der Waals surface area contributed by atoms with Crippen LogP contribution >= 0.6 is 0 Å². The van der Waals surface area contributed by atoms with Crippen LogP contribution < -0.4 is 11.1 Å². The van der Waals surface area contributed by atoms with Gasteiger partial charge in [0, 0.05) is 6.04 Å². The molecule has 16 heavy (non-hydrogen) atoms. The summed E-state index contributed by atoms with van der Waals surface area (Å²) in [6.07, 6.45) is 0.0717. The number of aliphatic hydroxyl groups is 1. The third-order valence-electron chi connectivity index (χ3n) is 2.16. The first kappa shape index (κ1) is 12.7. The zero-order valence-corrected chi connectivity index (χ0v) is 9.56. The molecule has 2 atom stereocenters. The molecule has 2 unspecified atom stereocenters. The lowest BCUT2D eigenvalue weighted by molar-refractivity contribution is 0.0893. The van der Waals surface area contributed by atoms with Crippen molar-refractivity contribution in [2.45, 2.75) is 39.0 Å². The van der Waals surface area contributed by atoms with Gasteiger partial charge in [-0.1, -0.05) is 0 Å². The lowest BCUT2D eigenvalue weighted by Gasteiger charge is -2.14. The summed E-state index contributed by atoms with van der Waals surface area (Å²) in [6, 6.07) is 3.17. The Bertz CT molecular complexity index is 347. The predicted octanol–water partition coefficient (Wildman–Crippen LogP) is 0.627.